The molecule has 0 atom stereocenters. The van der Waals surface area contributed by atoms with Crippen LogP contribution in [0.4, 0.5) is 0 Å². The molecule has 2 aromatic heterocycles. The summed E-state index contributed by atoms with van der Waals surface area (Å²) < 4.78 is 3.88. The second-order valence-electron chi connectivity index (χ2n) is 10.2. The van der Waals surface area contributed by atoms with Crippen molar-refractivity contribution in [1.29, 1.82) is 0 Å². The van der Waals surface area contributed by atoms with Crippen LogP contribution in [0.3, 0.4) is 0 Å². The van der Waals surface area contributed by atoms with Gasteiger partial charge in [0.05, 0.1) is 15.7 Å². The molecule has 0 bridgehead atoms. The Morgan fingerprint density at radius 2 is 1.40 bits per heavy atom. The minimum Gasteiger partial charge on any atom is -0.308 e. The number of hydrogen-bond donors (Lipinski definition) is 0. The van der Waals surface area contributed by atoms with Crippen LogP contribution in [0.2, 0.25) is 0 Å². The molecule has 1 aliphatic carbocycles. The van der Waals surface area contributed by atoms with Crippen LogP contribution in [0, 0.1) is 0 Å². The first kappa shape index (κ1) is 19.4. The molecule has 2 heteroatoms. The summed E-state index contributed by atoms with van der Waals surface area (Å²) in [5.41, 5.74) is 8.09. The normalized spacial score (nSPS) is 14.2. The molecule has 0 amide bonds. The van der Waals surface area contributed by atoms with Crippen LogP contribution in [-0.2, 0) is 5.41 Å². The molecule has 0 saturated heterocycles. The summed E-state index contributed by atoms with van der Waals surface area (Å²) >= 11 is 1.99. The van der Waals surface area contributed by atoms with E-state index in [-0.39, 0.29) is 5.41 Å². The van der Waals surface area contributed by atoms with Crippen molar-refractivity contribution in [2.75, 3.05) is 0 Å². The molecule has 1 aliphatic rings. The summed E-state index contributed by atoms with van der Waals surface area (Å²) in [7, 11) is 0. The highest BCUT2D eigenvalue weighted by atomic mass is 32.1. The first-order valence-electron chi connectivity index (χ1n) is 12.2. The molecular formula is C33H23NS. The summed E-state index contributed by atoms with van der Waals surface area (Å²) in [5, 5.41) is 6.56. The Bertz CT molecular complexity index is 1980. The van der Waals surface area contributed by atoms with Gasteiger partial charge in [-0.05, 0) is 40.1 Å². The Morgan fingerprint density at radius 1 is 0.657 bits per heavy atom. The Kier molecular flexibility index (Phi) is 3.67. The van der Waals surface area contributed by atoms with Gasteiger partial charge in [0.15, 0.2) is 0 Å². The van der Waals surface area contributed by atoms with Gasteiger partial charge in [-0.3, -0.25) is 0 Å². The number of fused-ring (bicyclic) bond motifs is 10. The molecule has 0 saturated carbocycles. The minimum absolute atomic E-state index is 0.0156. The SMILES string of the molecule is CC1(C)c2ccccc2-c2c1sc1c2ccc2c3ccccc3n(-c3ccc4ccccc4c3)c21. The van der Waals surface area contributed by atoms with Crippen LogP contribution in [0.15, 0.2) is 103 Å². The second kappa shape index (κ2) is 6.62. The number of nitrogens with zero attached hydrogens (tertiary/aromatic N) is 1. The van der Waals surface area contributed by atoms with Crippen molar-refractivity contribution in [2.24, 2.45) is 0 Å². The Labute approximate surface area is 207 Å². The van der Waals surface area contributed by atoms with E-state index in [1.807, 2.05) is 11.3 Å². The third-order valence-electron chi connectivity index (χ3n) is 7.92. The fraction of sp³-hybridized carbons (Fsp3) is 0.0909. The fourth-order valence-corrected chi connectivity index (χ4v) is 7.73. The number of thiophene rings is 1. The lowest BCUT2D eigenvalue weighted by Gasteiger charge is -2.19. The van der Waals surface area contributed by atoms with E-state index in [4.69, 9.17) is 0 Å². The van der Waals surface area contributed by atoms with Crippen molar-refractivity contribution in [1.82, 2.24) is 4.57 Å². The standard InChI is InChI=1S/C33H23NS/c1-33(2)27-13-7-5-12-25(27)29-26-18-17-24-23-11-6-8-14-28(23)34(30(24)31(26)35-32(29)33)22-16-15-20-9-3-4-10-21(20)19-22/h3-19H,1-2H3. The van der Waals surface area contributed by atoms with Gasteiger partial charge in [0, 0.05) is 37.7 Å². The number of hydrogen-bond acceptors (Lipinski definition) is 1. The predicted molar refractivity (Wildman–Crippen MR) is 151 cm³/mol. The maximum absolute atomic E-state index is 2.49. The topological polar surface area (TPSA) is 4.93 Å². The molecule has 0 spiro atoms. The molecule has 0 unspecified atom stereocenters. The maximum Gasteiger partial charge on any atom is 0.0719 e. The molecule has 0 fully saturated rings. The summed E-state index contributed by atoms with van der Waals surface area (Å²) in [6.07, 6.45) is 0. The van der Waals surface area contributed by atoms with E-state index in [1.54, 1.807) is 0 Å². The highest BCUT2D eigenvalue weighted by molar-refractivity contribution is 7.21. The van der Waals surface area contributed by atoms with Crippen molar-refractivity contribution in [3.63, 3.8) is 0 Å². The molecule has 35 heavy (non-hydrogen) atoms. The quantitative estimate of drug-likeness (QED) is 0.227. The molecule has 166 valence electrons. The van der Waals surface area contributed by atoms with E-state index in [9.17, 15) is 0 Å². The van der Waals surface area contributed by atoms with Crippen LogP contribution in [0.25, 0.3) is 59.5 Å². The zero-order valence-corrected chi connectivity index (χ0v) is 20.5. The lowest BCUT2D eigenvalue weighted by Crippen LogP contribution is -2.13. The predicted octanol–water partition coefficient (Wildman–Crippen LogP) is 9.46. The highest BCUT2D eigenvalue weighted by Gasteiger charge is 2.38. The van der Waals surface area contributed by atoms with E-state index in [2.05, 4.69) is 122 Å². The summed E-state index contributed by atoms with van der Waals surface area (Å²) in [6.45, 7) is 4.76. The van der Waals surface area contributed by atoms with E-state index in [0.29, 0.717) is 0 Å². The van der Waals surface area contributed by atoms with Crippen LogP contribution >= 0.6 is 11.3 Å². The Hall–Kier alpha value is -3.88. The van der Waals surface area contributed by atoms with Crippen LogP contribution in [-0.4, -0.2) is 4.57 Å². The van der Waals surface area contributed by atoms with Gasteiger partial charge in [0.2, 0.25) is 0 Å². The van der Waals surface area contributed by atoms with Gasteiger partial charge in [-0.15, -0.1) is 11.3 Å². The molecule has 0 aliphatic heterocycles. The van der Waals surface area contributed by atoms with Crippen molar-refractivity contribution >= 4 is 54.0 Å². The number of rotatable bonds is 1. The first-order valence-corrected chi connectivity index (χ1v) is 13.0. The van der Waals surface area contributed by atoms with Gasteiger partial charge < -0.3 is 4.57 Å². The Morgan fingerprint density at radius 3 is 2.31 bits per heavy atom. The van der Waals surface area contributed by atoms with E-state index in [0.717, 1.165) is 0 Å². The van der Waals surface area contributed by atoms with Crippen molar-refractivity contribution in [2.45, 2.75) is 19.3 Å². The lowest BCUT2D eigenvalue weighted by molar-refractivity contribution is 0.674. The first-order chi connectivity index (χ1) is 17.1. The molecule has 5 aromatic carbocycles. The zero-order valence-electron chi connectivity index (χ0n) is 19.7. The molecule has 7 aromatic rings. The van der Waals surface area contributed by atoms with Crippen LogP contribution in [0.5, 0.6) is 0 Å². The fourth-order valence-electron chi connectivity index (χ4n) is 6.26. The summed E-state index contributed by atoms with van der Waals surface area (Å²) in [6, 6.07) is 38.0. The molecule has 0 N–H and O–H groups in total. The average molecular weight is 466 g/mol. The summed E-state index contributed by atoms with van der Waals surface area (Å²) in [4.78, 5) is 1.48. The number of benzene rings is 5. The van der Waals surface area contributed by atoms with Gasteiger partial charge in [-0.1, -0.05) is 98.8 Å². The monoisotopic (exact) mass is 465 g/mol. The minimum atomic E-state index is 0.0156. The van der Waals surface area contributed by atoms with Crippen LogP contribution < -0.4 is 0 Å². The van der Waals surface area contributed by atoms with Gasteiger partial charge in [-0.25, -0.2) is 0 Å². The largest absolute Gasteiger partial charge is 0.308 e. The Balaban J connectivity index is 1.55. The van der Waals surface area contributed by atoms with Crippen molar-refractivity contribution in [3.8, 4) is 16.8 Å². The smallest absolute Gasteiger partial charge is 0.0719 e. The second-order valence-corrected chi connectivity index (χ2v) is 11.2. The van der Waals surface area contributed by atoms with E-state index >= 15 is 0 Å². The summed E-state index contributed by atoms with van der Waals surface area (Å²) in [5.74, 6) is 0. The van der Waals surface area contributed by atoms with Gasteiger partial charge >= 0.3 is 0 Å². The number of para-hydroxylation sites is 1. The third kappa shape index (κ3) is 2.42. The van der Waals surface area contributed by atoms with Crippen molar-refractivity contribution < 1.29 is 0 Å². The molecule has 1 nitrogen and oxygen atoms in total. The van der Waals surface area contributed by atoms with Gasteiger partial charge in [0.25, 0.3) is 0 Å². The van der Waals surface area contributed by atoms with Crippen LogP contribution in [0.1, 0.15) is 24.3 Å². The molecule has 2 heterocycles. The van der Waals surface area contributed by atoms with E-state index < -0.39 is 0 Å². The lowest BCUT2D eigenvalue weighted by atomic mass is 9.87. The molecule has 8 rings (SSSR count). The molecular weight excluding hydrogens is 442 g/mol. The zero-order chi connectivity index (χ0) is 23.3. The van der Waals surface area contributed by atoms with Gasteiger partial charge in [-0.2, -0.15) is 0 Å². The average Bonchev–Trinajstić information content (AvgIpc) is 3.51. The van der Waals surface area contributed by atoms with Crippen molar-refractivity contribution in [3.05, 3.63) is 114 Å². The third-order valence-corrected chi connectivity index (χ3v) is 9.46. The molecule has 0 radical (unpaired) electrons. The maximum atomic E-state index is 2.49. The van der Waals surface area contributed by atoms with Gasteiger partial charge in [0.1, 0.15) is 0 Å². The number of aromatic nitrogens is 1. The highest BCUT2D eigenvalue weighted by Crippen LogP contribution is 2.56. The van der Waals surface area contributed by atoms with E-state index in [1.165, 1.54) is 69.9 Å².